The summed E-state index contributed by atoms with van der Waals surface area (Å²) in [6, 6.07) is 13.5. The molecular formula is C27H36IKO. The number of benzene rings is 2. The van der Waals surface area contributed by atoms with Gasteiger partial charge in [-0.05, 0) is 98.7 Å². The standard InChI is InChI=1S/C23H27I.C4H9O.K/c1-15-12-20-21(23(5,6)11-10-22(20,3)4)14-19(15)16(2)17-8-7-9-18(24)13-17;1-4(2,3)5;/h7-9,12-14H,2,10-11H2,1,3-6H3;1-3H3;/q;-1;+1. The molecule has 0 saturated heterocycles. The van der Waals surface area contributed by atoms with Crippen molar-refractivity contribution < 1.29 is 56.5 Å². The van der Waals surface area contributed by atoms with Gasteiger partial charge in [-0.15, -0.1) is 5.60 Å². The summed E-state index contributed by atoms with van der Waals surface area (Å²) in [4.78, 5) is 0. The zero-order valence-corrected chi connectivity index (χ0v) is 25.7. The van der Waals surface area contributed by atoms with E-state index in [1.165, 1.54) is 44.2 Å². The zero-order valence-electron chi connectivity index (χ0n) is 20.4. The molecule has 158 valence electrons. The van der Waals surface area contributed by atoms with Gasteiger partial charge in [0.2, 0.25) is 0 Å². The number of fused-ring (bicyclic) bond motifs is 1. The topological polar surface area (TPSA) is 23.1 Å². The predicted molar refractivity (Wildman–Crippen MR) is 134 cm³/mol. The average Bonchev–Trinajstić information content (AvgIpc) is 2.57. The Morgan fingerprint density at radius 1 is 0.967 bits per heavy atom. The fraction of sp³-hybridized carbons (Fsp3) is 0.481. The smallest absolute Gasteiger partial charge is 0.850 e. The Kier molecular flexibility index (Phi) is 10.1. The first-order valence-electron chi connectivity index (χ1n) is 10.4. The molecule has 2 aromatic rings. The Bertz CT molecular complexity index is 898. The van der Waals surface area contributed by atoms with Crippen molar-refractivity contribution in [2.45, 2.75) is 84.7 Å². The number of hydrogen-bond acceptors (Lipinski definition) is 1. The quantitative estimate of drug-likeness (QED) is 0.413. The molecule has 0 N–H and O–H groups in total. The molecule has 0 saturated carbocycles. The Morgan fingerprint density at radius 2 is 1.43 bits per heavy atom. The van der Waals surface area contributed by atoms with Crippen LogP contribution in [-0.2, 0) is 10.8 Å². The Balaban J connectivity index is 0.000000674. The van der Waals surface area contributed by atoms with E-state index in [0.29, 0.717) is 0 Å². The van der Waals surface area contributed by atoms with Crippen molar-refractivity contribution in [3.8, 4) is 0 Å². The van der Waals surface area contributed by atoms with Gasteiger partial charge in [0.15, 0.2) is 0 Å². The first-order valence-corrected chi connectivity index (χ1v) is 11.5. The zero-order chi connectivity index (χ0) is 22.2. The fourth-order valence-electron chi connectivity index (χ4n) is 3.88. The van der Waals surface area contributed by atoms with Gasteiger partial charge in [0.1, 0.15) is 0 Å². The molecule has 1 nitrogen and oxygen atoms in total. The number of halogens is 1. The first kappa shape index (κ1) is 28.5. The predicted octanol–water partition coefficient (Wildman–Crippen LogP) is 4.16. The number of hydrogen-bond donors (Lipinski definition) is 0. The average molecular weight is 543 g/mol. The SMILES string of the molecule is C=C(c1cccc(I)c1)c1cc2c(cc1C)C(C)(C)CCC2(C)C.CC(C)(C)[O-].[K+]. The third-order valence-corrected chi connectivity index (χ3v) is 6.37. The molecule has 0 heterocycles. The van der Waals surface area contributed by atoms with Crippen LogP contribution in [0.25, 0.3) is 5.57 Å². The van der Waals surface area contributed by atoms with E-state index in [4.69, 9.17) is 0 Å². The summed E-state index contributed by atoms with van der Waals surface area (Å²) in [5, 5.41) is 10.1. The van der Waals surface area contributed by atoms with Crippen molar-refractivity contribution in [2.24, 2.45) is 0 Å². The Labute approximate surface area is 240 Å². The maximum Gasteiger partial charge on any atom is 1.00 e. The largest absolute Gasteiger partial charge is 1.00 e. The van der Waals surface area contributed by atoms with E-state index >= 15 is 0 Å². The number of aryl methyl sites for hydroxylation is 1. The molecule has 0 aromatic heterocycles. The van der Waals surface area contributed by atoms with Gasteiger partial charge in [0.25, 0.3) is 0 Å². The van der Waals surface area contributed by atoms with Crippen molar-refractivity contribution in [3.63, 3.8) is 0 Å². The van der Waals surface area contributed by atoms with Crippen molar-refractivity contribution in [1.29, 1.82) is 0 Å². The minimum absolute atomic E-state index is 0. The van der Waals surface area contributed by atoms with E-state index in [2.05, 4.69) is 100 Å². The van der Waals surface area contributed by atoms with Crippen LogP contribution in [0.1, 0.15) is 89.1 Å². The van der Waals surface area contributed by atoms with E-state index in [1.807, 2.05) is 0 Å². The van der Waals surface area contributed by atoms with Crippen LogP contribution in [0.5, 0.6) is 0 Å². The maximum atomic E-state index is 10.1. The summed E-state index contributed by atoms with van der Waals surface area (Å²) < 4.78 is 1.25. The van der Waals surface area contributed by atoms with Crippen molar-refractivity contribution >= 4 is 28.2 Å². The van der Waals surface area contributed by atoms with Gasteiger partial charge in [-0.3, -0.25) is 0 Å². The molecule has 0 radical (unpaired) electrons. The van der Waals surface area contributed by atoms with Crippen LogP contribution in [-0.4, -0.2) is 5.60 Å². The molecular weight excluding hydrogens is 506 g/mol. The van der Waals surface area contributed by atoms with Gasteiger partial charge >= 0.3 is 51.4 Å². The molecule has 1 aliphatic carbocycles. The van der Waals surface area contributed by atoms with E-state index in [-0.39, 0.29) is 62.2 Å². The molecule has 2 aromatic carbocycles. The summed E-state index contributed by atoms with van der Waals surface area (Å²) in [5.41, 5.74) is 7.76. The molecule has 0 fully saturated rings. The van der Waals surface area contributed by atoms with Gasteiger partial charge in [0, 0.05) is 3.57 Å². The van der Waals surface area contributed by atoms with E-state index in [1.54, 1.807) is 20.8 Å². The minimum atomic E-state index is -0.750. The Morgan fingerprint density at radius 3 is 1.90 bits per heavy atom. The second-order valence-corrected chi connectivity index (χ2v) is 11.8. The molecule has 0 bridgehead atoms. The van der Waals surface area contributed by atoms with E-state index in [9.17, 15) is 5.11 Å². The summed E-state index contributed by atoms with van der Waals surface area (Å²) in [7, 11) is 0. The van der Waals surface area contributed by atoms with Gasteiger partial charge in [-0.25, -0.2) is 0 Å². The van der Waals surface area contributed by atoms with Crippen LogP contribution in [0.15, 0.2) is 43.0 Å². The third kappa shape index (κ3) is 7.53. The molecule has 3 heteroatoms. The minimum Gasteiger partial charge on any atom is -0.850 e. The molecule has 1 aliphatic rings. The normalized spacial score (nSPS) is 16.5. The summed E-state index contributed by atoms with van der Waals surface area (Å²) in [6.07, 6.45) is 2.49. The maximum absolute atomic E-state index is 10.1. The summed E-state index contributed by atoms with van der Waals surface area (Å²) >= 11 is 2.37. The third-order valence-electron chi connectivity index (χ3n) is 5.70. The molecule has 0 unspecified atom stereocenters. The number of rotatable bonds is 2. The van der Waals surface area contributed by atoms with Gasteiger partial charge in [-0.2, -0.15) is 0 Å². The van der Waals surface area contributed by atoms with Gasteiger partial charge in [-0.1, -0.05) is 79.3 Å². The van der Waals surface area contributed by atoms with Crippen molar-refractivity contribution in [3.05, 3.63) is 74.4 Å². The molecule has 0 aliphatic heterocycles. The summed E-state index contributed by atoms with van der Waals surface area (Å²) in [6.45, 7) is 21.1. The summed E-state index contributed by atoms with van der Waals surface area (Å²) in [5.74, 6) is 0. The van der Waals surface area contributed by atoms with Crippen LogP contribution < -0.4 is 56.5 Å². The van der Waals surface area contributed by atoms with E-state index < -0.39 is 5.60 Å². The molecule has 30 heavy (non-hydrogen) atoms. The van der Waals surface area contributed by atoms with Crippen molar-refractivity contribution in [2.75, 3.05) is 0 Å². The van der Waals surface area contributed by atoms with Crippen LogP contribution in [0.3, 0.4) is 0 Å². The van der Waals surface area contributed by atoms with E-state index in [0.717, 1.165) is 5.57 Å². The first-order chi connectivity index (χ1) is 13.1. The molecule has 0 amide bonds. The van der Waals surface area contributed by atoms with Crippen LogP contribution >= 0.6 is 22.6 Å². The van der Waals surface area contributed by atoms with Crippen LogP contribution in [0, 0.1) is 10.5 Å². The van der Waals surface area contributed by atoms with Crippen molar-refractivity contribution in [1.82, 2.24) is 0 Å². The second kappa shape index (κ2) is 10.6. The molecule has 3 rings (SSSR count). The second-order valence-electron chi connectivity index (χ2n) is 10.6. The molecule has 0 spiro atoms. The van der Waals surface area contributed by atoms with Crippen LogP contribution in [0.2, 0.25) is 0 Å². The fourth-order valence-corrected chi connectivity index (χ4v) is 4.42. The van der Waals surface area contributed by atoms with Gasteiger partial charge < -0.3 is 5.11 Å². The van der Waals surface area contributed by atoms with Gasteiger partial charge in [0.05, 0.1) is 0 Å². The monoisotopic (exact) mass is 542 g/mol. The molecule has 0 atom stereocenters. The Hall–Kier alpha value is 0.506. The van der Waals surface area contributed by atoms with Crippen LogP contribution in [0.4, 0.5) is 0 Å².